The Morgan fingerprint density at radius 3 is 2.57 bits per heavy atom. The SMILES string of the molecule is Cc1noc(C)c1C(=O)Nc1ccc(-c2ccnc(Nc3ccc(N4CCOCC4)cc3)n2)cc1C#N. The van der Waals surface area contributed by atoms with Crippen molar-refractivity contribution in [2.24, 2.45) is 0 Å². The lowest BCUT2D eigenvalue weighted by molar-refractivity contribution is 0.102. The van der Waals surface area contributed by atoms with E-state index in [9.17, 15) is 10.1 Å². The van der Waals surface area contributed by atoms with Crippen molar-refractivity contribution in [1.29, 1.82) is 5.26 Å². The summed E-state index contributed by atoms with van der Waals surface area (Å²) in [6.07, 6.45) is 1.66. The minimum absolute atomic E-state index is 0.310. The molecule has 3 heterocycles. The summed E-state index contributed by atoms with van der Waals surface area (Å²) in [5.74, 6) is 0.474. The van der Waals surface area contributed by atoms with Crippen LogP contribution in [0.25, 0.3) is 11.3 Å². The quantitative estimate of drug-likeness (QED) is 0.398. The van der Waals surface area contributed by atoms with Crippen LogP contribution in [0.2, 0.25) is 0 Å². The number of hydrogen-bond acceptors (Lipinski definition) is 9. The lowest BCUT2D eigenvalue weighted by Crippen LogP contribution is -2.36. The summed E-state index contributed by atoms with van der Waals surface area (Å²) in [4.78, 5) is 23.9. The van der Waals surface area contributed by atoms with E-state index in [0.29, 0.717) is 39.9 Å². The smallest absolute Gasteiger partial charge is 0.261 e. The van der Waals surface area contributed by atoms with Crippen molar-refractivity contribution in [1.82, 2.24) is 15.1 Å². The molecule has 1 aliphatic heterocycles. The van der Waals surface area contributed by atoms with Crippen molar-refractivity contribution in [3.63, 3.8) is 0 Å². The van der Waals surface area contributed by atoms with Gasteiger partial charge in [-0.15, -0.1) is 0 Å². The van der Waals surface area contributed by atoms with Crippen LogP contribution in [0.3, 0.4) is 0 Å². The third-order valence-electron chi connectivity index (χ3n) is 6.10. The van der Waals surface area contributed by atoms with Crippen molar-refractivity contribution in [2.75, 3.05) is 41.8 Å². The molecule has 2 aromatic heterocycles. The van der Waals surface area contributed by atoms with E-state index < -0.39 is 0 Å². The van der Waals surface area contributed by atoms with Gasteiger partial charge in [0.1, 0.15) is 17.4 Å². The molecule has 0 saturated carbocycles. The van der Waals surface area contributed by atoms with Gasteiger partial charge >= 0.3 is 0 Å². The highest BCUT2D eigenvalue weighted by atomic mass is 16.5. The highest BCUT2D eigenvalue weighted by molar-refractivity contribution is 6.06. The number of benzene rings is 2. The Hall–Kier alpha value is -4.75. The number of aryl methyl sites for hydroxylation is 2. The van der Waals surface area contributed by atoms with E-state index in [1.54, 1.807) is 44.3 Å². The van der Waals surface area contributed by atoms with Gasteiger partial charge in [-0.25, -0.2) is 9.97 Å². The largest absolute Gasteiger partial charge is 0.378 e. The van der Waals surface area contributed by atoms with Crippen molar-refractivity contribution in [2.45, 2.75) is 13.8 Å². The van der Waals surface area contributed by atoms with Gasteiger partial charge in [0.15, 0.2) is 0 Å². The molecule has 0 atom stereocenters. The van der Waals surface area contributed by atoms with Crippen molar-refractivity contribution in [3.8, 4) is 17.3 Å². The Labute approximate surface area is 213 Å². The standard InChI is InChI=1S/C27H25N7O3/c1-17-25(18(2)37-33-17)26(35)31-23-8-3-19(15-20(23)16-28)24-9-10-29-27(32-24)30-21-4-6-22(7-5-21)34-11-13-36-14-12-34/h3-10,15H,11-14H2,1-2H3,(H,31,35)(H,29,30,32). The van der Waals surface area contributed by atoms with E-state index in [0.717, 1.165) is 43.2 Å². The fourth-order valence-electron chi connectivity index (χ4n) is 4.18. The van der Waals surface area contributed by atoms with Crippen LogP contribution in [0.4, 0.5) is 23.0 Å². The first-order valence-electron chi connectivity index (χ1n) is 11.8. The van der Waals surface area contributed by atoms with Gasteiger partial charge in [-0.1, -0.05) is 11.2 Å². The average Bonchev–Trinajstić information content (AvgIpc) is 3.27. The van der Waals surface area contributed by atoms with Crippen LogP contribution in [-0.4, -0.2) is 47.3 Å². The topological polar surface area (TPSA) is 129 Å². The number of carbonyl (C=O) groups excluding carboxylic acids is 1. The highest BCUT2D eigenvalue weighted by Crippen LogP contribution is 2.26. The number of ether oxygens (including phenoxy) is 1. The number of amides is 1. The Morgan fingerprint density at radius 2 is 1.86 bits per heavy atom. The molecule has 0 radical (unpaired) electrons. The van der Waals surface area contributed by atoms with Crippen LogP contribution in [0, 0.1) is 25.2 Å². The summed E-state index contributed by atoms with van der Waals surface area (Å²) in [6, 6.07) is 17.2. The fourth-order valence-corrected chi connectivity index (χ4v) is 4.18. The number of nitriles is 1. The number of anilines is 4. The van der Waals surface area contributed by atoms with Gasteiger partial charge in [0.25, 0.3) is 5.91 Å². The Morgan fingerprint density at radius 1 is 1.08 bits per heavy atom. The van der Waals surface area contributed by atoms with E-state index in [2.05, 4.69) is 48.9 Å². The minimum atomic E-state index is -0.381. The number of aromatic nitrogens is 3. The van der Waals surface area contributed by atoms with E-state index in [1.165, 1.54) is 0 Å². The van der Waals surface area contributed by atoms with Crippen LogP contribution in [0.5, 0.6) is 0 Å². The number of nitrogens with zero attached hydrogens (tertiary/aromatic N) is 5. The van der Waals surface area contributed by atoms with E-state index in [1.807, 2.05) is 12.1 Å². The zero-order valence-corrected chi connectivity index (χ0v) is 20.5. The number of carbonyl (C=O) groups is 1. The second-order valence-electron chi connectivity index (χ2n) is 8.56. The molecule has 0 unspecified atom stereocenters. The van der Waals surface area contributed by atoms with Crippen LogP contribution in [-0.2, 0) is 4.74 Å². The van der Waals surface area contributed by atoms with Crippen molar-refractivity contribution in [3.05, 3.63) is 77.3 Å². The maximum atomic E-state index is 12.7. The van der Waals surface area contributed by atoms with E-state index in [4.69, 9.17) is 9.26 Å². The van der Waals surface area contributed by atoms with Crippen LogP contribution in [0.1, 0.15) is 27.4 Å². The summed E-state index contributed by atoms with van der Waals surface area (Å²) < 4.78 is 10.5. The molecule has 1 aliphatic rings. The fraction of sp³-hybridized carbons (Fsp3) is 0.222. The van der Waals surface area contributed by atoms with Gasteiger partial charge in [-0.2, -0.15) is 5.26 Å². The molecule has 2 aromatic carbocycles. The Bertz CT molecular complexity index is 1450. The monoisotopic (exact) mass is 495 g/mol. The summed E-state index contributed by atoms with van der Waals surface area (Å²) in [5, 5.41) is 19.5. The van der Waals surface area contributed by atoms with Gasteiger partial charge in [-0.05, 0) is 56.3 Å². The maximum Gasteiger partial charge on any atom is 0.261 e. The molecular weight excluding hydrogens is 470 g/mol. The molecule has 2 N–H and O–H groups in total. The molecule has 1 amide bonds. The molecule has 1 saturated heterocycles. The van der Waals surface area contributed by atoms with Crippen LogP contribution < -0.4 is 15.5 Å². The van der Waals surface area contributed by atoms with Gasteiger partial charge in [0, 0.05) is 36.2 Å². The summed E-state index contributed by atoms with van der Waals surface area (Å²) >= 11 is 0. The zero-order valence-electron chi connectivity index (χ0n) is 20.5. The highest BCUT2D eigenvalue weighted by Gasteiger charge is 2.19. The van der Waals surface area contributed by atoms with E-state index in [-0.39, 0.29) is 5.91 Å². The zero-order chi connectivity index (χ0) is 25.8. The molecule has 10 heteroatoms. The van der Waals surface area contributed by atoms with Gasteiger partial charge < -0.3 is 24.8 Å². The number of nitrogens with one attached hydrogen (secondary N) is 2. The molecule has 37 heavy (non-hydrogen) atoms. The number of hydrogen-bond donors (Lipinski definition) is 2. The normalized spacial score (nSPS) is 13.2. The first kappa shape index (κ1) is 24.0. The first-order chi connectivity index (χ1) is 18.0. The van der Waals surface area contributed by atoms with Crippen molar-refractivity contribution < 1.29 is 14.1 Å². The molecule has 4 aromatic rings. The minimum Gasteiger partial charge on any atom is -0.378 e. The molecule has 1 fully saturated rings. The third-order valence-corrected chi connectivity index (χ3v) is 6.10. The number of morpholine rings is 1. The molecule has 5 rings (SSSR count). The van der Waals surface area contributed by atoms with Gasteiger partial charge in [0.2, 0.25) is 5.95 Å². The summed E-state index contributed by atoms with van der Waals surface area (Å²) in [7, 11) is 0. The molecule has 0 aliphatic carbocycles. The summed E-state index contributed by atoms with van der Waals surface area (Å²) in [6.45, 7) is 6.60. The second-order valence-corrected chi connectivity index (χ2v) is 8.56. The van der Waals surface area contributed by atoms with Gasteiger partial charge in [0.05, 0.1) is 35.9 Å². The number of rotatable bonds is 6. The lowest BCUT2D eigenvalue weighted by Gasteiger charge is -2.28. The first-order valence-corrected chi connectivity index (χ1v) is 11.8. The molecule has 10 nitrogen and oxygen atoms in total. The average molecular weight is 496 g/mol. The summed E-state index contributed by atoms with van der Waals surface area (Å²) in [5.41, 5.74) is 4.92. The molecule has 186 valence electrons. The molecular formula is C27H25N7O3. The molecule has 0 spiro atoms. The van der Waals surface area contributed by atoms with Crippen LogP contribution >= 0.6 is 0 Å². The van der Waals surface area contributed by atoms with Crippen molar-refractivity contribution >= 4 is 28.9 Å². The molecule has 0 bridgehead atoms. The lowest BCUT2D eigenvalue weighted by atomic mass is 10.1. The predicted molar refractivity (Wildman–Crippen MR) is 139 cm³/mol. The predicted octanol–water partition coefficient (Wildman–Crippen LogP) is 4.45. The van der Waals surface area contributed by atoms with E-state index >= 15 is 0 Å². The van der Waals surface area contributed by atoms with Crippen LogP contribution in [0.15, 0.2) is 59.3 Å². The Kier molecular flexibility index (Phi) is 6.78. The third kappa shape index (κ3) is 5.27. The Balaban J connectivity index is 1.32. The van der Waals surface area contributed by atoms with Gasteiger partial charge in [-0.3, -0.25) is 4.79 Å². The second kappa shape index (κ2) is 10.5. The maximum absolute atomic E-state index is 12.7.